The molecule has 3 aromatic rings. The topological polar surface area (TPSA) is 108 Å². The highest BCUT2D eigenvalue weighted by Gasteiger charge is 2.23. The van der Waals surface area contributed by atoms with Crippen LogP contribution in [0.15, 0.2) is 60.7 Å². The number of nitrogens with one attached hydrogen (secondary N) is 1. The average Bonchev–Trinajstić information content (AvgIpc) is 2.73. The number of hydrogen-bond donors (Lipinski definition) is 1. The van der Waals surface area contributed by atoms with Gasteiger partial charge in [0.25, 0.3) is 5.91 Å². The van der Waals surface area contributed by atoms with Crippen LogP contribution < -0.4 is 10.1 Å². The van der Waals surface area contributed by atoms with Crippen molar-refractivity contribution in [3.8, 4) is 5.75 Å². The highest BCUT2D eigenvalue weighted by Crippen LogP contribution is 2.29. The molecule has 0 bridgehead atoms. The van der Waals surface area contributed by atoms with Crippen LogP contribution in [-0.2, 0) is 9.53 Å². The Balaban J connectivity index is 1.76. The molecule has 1 amide bonds. The summed E-state index contributed by atoms with van der Waals surface area (Å²) in [5.74, 6) is -1.29. The second kappa shape index (κ2) is 8.39. The summed E-state index contributed by atoms with van der Waals surface area (Å²) in [5, 5.41) is 16.1. The van der Waals surface area contributed by atoms with Gasteiger partial charge >= 0.3 is 11.7 Å². The first-order chi connectivity index (χ1) is 13.9. The quantitative estimate of drug-likeness (QED) is 0.385. The number of rotatable bonds is 6. The number of esters is 1. The number of nitrogens with zero attached hydrogens (tertiary/aromatic N) is 1. The molecule has 0 radical (unpaired) electrons. The fourth-order valence-electron chi connectivity index (χ4n) is 2.76. The third kappa shape index (κ3) is 4.49. The molecule has 0 unspecified atom stereocenters. The molecule has 0 heterocycles. The van der Waals surface area contributed by atoms with E-state index < -0.39 is 28.6 Å². The predicted octanol–water partition coefficient (Wildman–Crippen LogP) is 3.94. The van der Waals surface area contributed by atoms with Crippen LogP contribution in [0.5, 0.6) is 5.75 Å². The lowest BCUT2D eigenvalue weighted by molar-refractivity contribution is -0.386. The Morgan fingerprint density at radius 1 is 1.03 bits per heavy atom. The van der Waals surface area contributed by atoms with E-state index in [1.807, 2.05) is 36.4 Å². The van der Waals surface area contributed by atoms with Crippen LogP contribution in [0.4, 0.5) is 11.4 Å². The number of amides is 1. The normalized spacial score (nSPS) is 11.5. The molecule has 0 fully saturated rings. The molecule has 0 aromatic heterocycles. The van der Waals surface area contributed by atoms with Gasteiger partial charge in [-0.05, 0) is 42.0 Å². The molecule has 8 heteroatoms. The van der Waals surface area contributed by atoms with Gasteiger partial charge in [-0.1, -0.05) is 30.3 Å². The second-order valence-electron chi connectivity index (χ2n) is 6.24. The summed E-state index contributed by atoms with van der Waals surface area (Å²) in [6, 6.07) is 16.8. The summed E-state index contributed by atoms with van der Waals surface area (Å²) in [4.78, 5) is 34.7. The van der Waals surface area contributed by atoms with E-state index in [0.717, 1.165) is 16.8 Å². The van der Waals surface area contributed by atoms with Crippen molar-refractivity contribution in [3.63, 3.8) is 0 Å². The summed E-state index contributed by atoms with van der Waals surface area (Å²) in [6.07, 6.45) is -1.01. The van der Waals surface area contributed by atoms with Crippen LogP contribution in [0, 0.1) is 10.1 Å². The molecule has 0 saturated heterocycles. The Labute approximate surface area is 166 Å². The summed E-state index contributed by atoms with van der Waals surface area (Å²) in [5.41, 5.74) is 0.165. The van der Waals surface area contributed by atoms with E-state index in [2.05, 4.69) is 10.1 Å². The zero-order chi connectivity index (χ0) is 21.0. The highest BCUT2D eigenvalue weighted by atomic mass is 16.6. The minimum Gasteiger partial charge on any atom is -0.474 e. The van der Waals surface area contributed by atoms with Crippen molar-refractivity contribution < 1.29 is 24.0 Å². The molecule has 0 aliphatic heterocycles. The summed E-state index contributed by atoms with van der Waals surface area (Å²) in [6.45, 7) is 1.48. The second-order valence-corrected chi connectivity index (χ2v) is 6.24. The van der Waals surface area contributed by atoms with E-state index in [4.69, 9.17) is 4.74 Å². The van der Waals surface area contributed by atoms with Crippen molar-refractivity contribution in [3.05, 3.63) is 76.3 Å². The van der Waals surface area contributed by atoms with E-state index in [1.165, 1.54) is 26.2 Å². The lowest BCUT2D eigenvalue weighted by atomic mass is 10.1. The molecule has 0 aliphatic rings. The molecule has 0 aliphatic carbocycles. The minimum atomic E-state index is -1.01. The van der Waals surface area contributed by atoms with Gasteiger partial charge < -0.3 is 14.8 Å². The highest BCUT2D eigenvalue weighted by molar-refractivity contribution is 5.97. The summed E-state index contributed by atoms with van der Waals surface area (Å²) < 4.78 is 10.1. The lowest BCUT2D eigenvalue weighted by Gasteiger charge is -2.15. The first-order valence-corrected chi connectivity index (χ1v) is 8.72. The third-order valence-electron chi connectivity index (χ3n) is 4.27. The molecule has 0 saturated carbocycles. The van der Waals surface area contributed by atoms with Crippen LogP contribution in [0.3, 0.4) is 0 Å². The van der Waals surface area contributed by atoms with E-state index in [9.17, 15) is 19.7 Å². The van der Waals surface area contributed by atoms with Gasteiger partial charge in [-0.3, -0.25) is 14.9 Å². The summed E-state index contributed by atoms with van der Waals surface area (Å²) >= 11 is 0. The minimum absolute atomic E-state index is 0.0137. The number of nitro benzene ring substituents is 1. The van der Waals surface area contributed by atoms with Crippen LogP contribution >= 0.6 is 0 Å². The van der Waals surface area contributed by atoms with E-state index in [0.29, 0.717) is 5.69 Å². The van der Waals surface area contributed by atoms with Gasteiger partial charge in [0, 0.05) is 11.8 Å². The van der Waals surface area contributed by atoms with Gasteiger partial charge in [-0.15, -0.1) is 0 Å². The van der Waals surface area contributed by atoms with Crippen molar-refractivity contribution in [1.29, 1.82) is 0 Å². The van der Waals surface area contributed by atoms with Crippen LogP contribution in [0.25, 0.3) is 10.8 Å². The number of nitro groups is 1. The fraction of sp³-hybridized carbons (Fsp3) is 0.143. The Morgan fingerprint density at radius 2 is 1.76 bits per heavy atom. The van der Waals surface area contributed by atoms with Gasteiger partial charge in [-0.2, -0.15) is 0 Å². The zero-order valence-electron chi connectivity index (χ0n) is 15.7. The van der Waals surface area contributed by atoms with Crippen LogP contribution in [0.2, 0.25) is 0 Å². The van der Waals surface area contributed by atoms with Gasteiger partial charge in [-0.25, -0.2) is 4.79 Å². The Morgan fingerprint density at radius 3 is 2.45 bits per heavy atom. The average molecular weight is 394 g/mol. The van der Waals surface area contributed by atoms with Crippen molar-refractivity contribution >= 4 is 34.0 Å². The Bertz CT molecular complexity index is 1100. The van der Waals surface area contributed by atoms with Crippen molar-refractivity contribution in [1.82, 2.24) is 0 Å². The first kappa shape index (κ1) is 19.8. The molecular weight excluding hydrogens is 376 g/mol. The largest absolute Gasteiger partial charge is 0.474 e. The predicted molar refractivity (Wildman–Crippen MR) is 107 cm³/mol. The van der Waals surface area contributed by atoms with Gasteiger partial charge in [0.05, 0.1) is 17.6 Å². The number of carbonyl (C=O) groups excluding carboxylic acids is 2. The standard InChI is InChI=1S/C21H18N2O6/c1-13(20(24)22-17-9-7-14-5-3-4-6-15(14)11-17)29-19-10-8-16(21(25)28-2)12-18(19)23(26)27/h3-13H,1-2H3,(H,22,24)/t13-/m1/s1. The molecule has 0 spiro atoms. The molecule has 3 rings (SSSR count). The molecule has 8 nitrogen and oxygen atoms in total. The van der Waals surface area contributed by atoms with Gasteiger partial charge in [0.2, 0.25) is 0 Å². The molecule has 1 atom stereocenters. The van der Waals surface area contributed by atoms with Gasteiger partial charge in [0.1, 0.15) is 0 Å². The van der Waals surface area contributed by atoms with E-state index >= 15 is 0 Å². The molecule has 3 aromatic carbocycles. The first-order valence-electron chi connectivity index (χ1n) is 8.72. The number of ether oxygens (including phenoxy) is 2. The number of hydrogen-bond acceptors (Lipinski definition) is 6. The number of fused-ring (bicyclic) bond motifs is 1. The van der Waals surface area contributed by atoms with Crippen molar-refractivity contribution in [2.24, 2.45) is 0 Å². The number of carbonyl (C=O) groups is 2. The summed E-state index contributed by atoms with van der Waals surface area (Å²) in [7, 11) is 1.18. The maximum absolute atomic E-state index is 12.5. The SMILES string of the molecule is COC(=O)c1ccc(O[C@H](C)C(=O)Nc2ccc3ccccc3c2)c([N+](=O)[O-])c1. The van der Waals surface area contributed by atoms with E-state index in [-0.39, 0.29) is 11.3 Å². The van der Waals surface area contributed by atoms with Crippen molar-refractivity contribution in [2.75, 3.05) is 12.4 Å². The number of benzene rings is 3. The maximum Gasteiger partial charge on any atom is 0.338 e. The van der Waals surface area contributed by atoms with Crippen LogP contribution in [0.1, 0.15) is 17.3 Å². The molecular formula is C21H18N2O6. The zero-order valence-corrected chi connectivity index (χ0v) is 15.7. The van der Waals surface area contributed by atoms with Crippen molar-refractivity contribution in [2.45, 2.75) is 13.0 Å². The Kier molecular flexibility index (Phi) is 5.73. The molecule has 29 heavy (non-hydrogen) atoms. The third-order valence-corrected chi connectivity index (χ3v) is 4.27. The molecule has 1 N–H and O–H groups in total. The fourth-order valence-corrected chi connectivity index (χ4v) is 2.76. The lowest BCUT2D eigenvalue weighted by Crippen LogP contribution is -2.30. The Hall–Kier alpha value is -3.94. The van der Waals surface area contributed by atoms with E-state index in [1.54, 1.807) is 6.07 Å². The number of anilines is 1. The van der Waals surface area contributed by atoms with Gasteiger partial charge in [0.15, 0.2) is 11.9 Å². The monoisotopic (exact) mass is 394 g/mol. The molecule has 148 valence electrons. The van der Waals surface area contributed by atoms with Crippen LogP contribution in [-0.4, -0.2) is 30.0 Å². The maximum atomic E-state index is 12.5. The number of methoxy groups -OCH3 is 1. The smallest absolute Gasteiger partial charge is 0.338 e.